The Hall–Kier alpha value is -0.823. The molecule has 0 aliphatic heterocycles. The van der Waals surface area contributed by atoms with Gasteiger partial charge >= 0.3 is 0 Å². The van der Waals surface area contributed by atoms with Crippen LogP contribution < -0.4 is 5.19 Å². The van der Waals surface area contributed by atoms with Gasteiger partial charge in [-0.05, 0) is 28.6 Å². The van der Waals surface area contributed by atoms with Crippen LogP contribution in [0.4, 0.5) is 0 Å². The van der Waals surface area contributed by atoms with Gasteiger partial charge in [-0.15, -0.1) is 0 Å². The maximum Gasteiger partial charge on any atom is 0.0910 e. The largest absolute Gasteiger partial charge is 0.0985 e. The maximum absolute atomic E-state index is 3.89. The number of benzene rings is 1. The van der Waals surface area contributed by atoms with Crippen molar-refractivity contribution in [3.63, 3.8) is 0 Å². The lowest BCUT2D eigenvalue weighted by Gasteiger charge is -2.24. The molecule has 0 aliphatic carbocycles. The Morgan fingerprint density at radius 2 is 1.76 bits per heavy atom. The lowest BCUT2D eigenvalue weighted by atomic mass is 10.1. The van der Waals surface area contributed by atoms with Gasteiger partial charge in [0.25, 0.3) is 0 Å². The molecule has 0 saturated heterocycles. The Kier molecular flexibility index (Phi) is 5.19. The molecule has 0 spiro atoms. The molecular formula is C16H25Si. The summed E-state index contributed by atoms with van der Waals surface area (Å²) in [5.74, 6) is 0. The second-order valence-corrected chi connectivity index (χ2v) is 9.03. The molecule has 0 N–H and O–H groups in total. The minimum atomic E-state index is -0.447. The fourth-order valence-electron chi connectivity index (χ4n) is 2.62. The normalized spacial score (nSPS) is 11.5. The second kappa shape index (κ2) is 6.20. The van der Waals surface area contributed by atoms with E-state index in [9.17, 15) is 0 Å². The summed E-state index contributed by atoms with van der Waals surface area (Å²) in [6.07, 6.45) is 3.07. The predicted molar refractivity (Wildman–Crippen MR) is 81.5 cm³/mol. The molecule has 17 heavy (non-hydrogen) atoms. The van der Waals surface area contributed by atoms with Gasteiger partial charge in [-0.25, -0.2) is 0 Å². The molecule has 93 valence electrons. The van der Waals surface area contributed by atoms with E-state index in [1.54, 1.807) is 5.19 Å². The number of rotatable bonds is 5. The van der Waals surface area contributed by atoms with Gasteiger partial charge in [0.05, 0.1) is 8.80 Å². The monoisotopic (exact) mass is 245 g/mol. The summed E-state index contributed by atoms with van der Waals surface area (Å²) in [7, 11) is -0.447. The standard InChI is InChI=1S/C16H25Si/c1-7-14-9-10-16(11-15(14)8-2)17(12(3)4)13(5)6/h7,9-13H,1,8H2,2-6H3. The highest BCUT2D eigenvalue weighted by molar-refractivity contribution is 6.75. The van der Waals surface area contributed by atoms with Crippen LogP contribution in [-0.2, 0) is 6.42 Å². The van der Waals surface area contributed by atoms with E-state index in [4.69, 9.17) is 0 Å². The van der Waals surface area contributed by atoms with Crippen molar-refractivity contribution in [3.05, 3.63) is 35.9 Å². The maximum atomic E-state index is 3.89. The van der Waals surface area contributed by atoms with E-state index in [0.29, 0.717) is 0 Å². The smallest absolute Gasteiger partial charge is 0.0910 e. The SMILES string of the molecule is C=Cc1ccc([Si](C(C)C)C(C)C)cc1CC. The van der Waals surface area contributed by atoms with E-state index in [2.05, 4.69) is 59.4 Å². The quantitative estimate of drug-likeness (QED) is 0.674. The van der Waals surface area contributed by atoms with Crippen molar-refractivity contribution < 1.29 is 0 Å². The summed E-state index contributed by atoms with van der Waals surface area (Å²) in [5.41, 5.74) is 4.32. The van der Waals surface area contributed by atoms with Crippen LogP contribution in [-0.4, -0.2) is 8.80 Å². The Morgan fingerprint density at radius 3 is 2.18 bits per heavy atom. The van der Waals surface area contributed by atoms with E-state index < -0.39 is 8.80 Å². The van der Waals surface area contributed by atoms with Gasteiger partial charge < -0.3 is 0 Å². The molecule has 1 aromatic rings. The highest BCUT2D eigenvalue weighted by Gasteiger charge is 2.22. The Bertz CT molecular complexity index is 369. The van der Waals surface area contributed by atoms with E-state index >= 15 is 0 Å². The average molecular weight is 245 g/mol. The summed E-state index contributed by atoms with van der Waals surface area (Å²) in [4.78, 5) is 0. The summed E-state index contributed by atoms with van der Waals surface area (Å²) >= 11 is 0. The first kappa shape index (κ1) is 14.2. The van der Waals surface area contributed by atoms with Crippen LogP contribution in [0.3, 0.4) is 0 Å². The highest BCUT2D eigenvalue weighted by Crippen LogP contribution is 2.21. The first-order valence-corrected chi connectivity index (χ1v) is 8.29. The molecule has 0 unspecified atom stereocenters. The second-order valence-electron chi connectivity index (χ2n) is 5.24. The zero-order chi connectivity index (χ0) is 13.0. The van der Waals surface area contributed by atoms with Crippen molar-refractivity contribution >= 4 is 20.1 Å². The van der Waals surface area contributed by atoms with Gasteiger partial charge in [0.2, 0.25) is 0 Å². The number of hydrogen-bond donors (Lipinski definition) is 0. The summed E-state index contributed by atoms with van der Waals surface area (Å²) in [5, 5.41) is 1.59. The van der Waals surface area contributed by atoms with Gasteiger partial charge in [-0.2, -0.15) is 0 Å². The minimum absolute atomic E-state index is 0.447. The van der Waals surface area contributed by atoms with Crippen molar-refractivity contribution in [2.75, 3.05) is 0 Å². The van der Waals surface area contributed by atoms with Crippen LogP contribution in [0.2, 0.25) is 11.1 Å². The summed E-state index contributed by atoms with van der Waals surface area (Å²) in [6.45, 7) is 15.6. The van der Waals surface area contributed by atoms with Crippen molar-refractivity contribution in [1.29, 1.82) is 0 Å². The number of hydrogen-bond acceptors (Lipinski definition) is 0. The van der Waals surface area contributed by atoms with Gasteiger partial charge in [-0.3, -0.25) is 0 Å². The third-order valence-corrected chi connectivity index (χ3v) is 6.79. The molecule has 0 atom stereocenters. The van der Waals surface area contributed by atoms with Crippen LogP contribution >= 0.6 is 0 Å². The van der Waals surface area contributed by atoms with Crippen LogP contribution in [0.1, 0.15) is 45.7 Å². The average Bonchev–Trinajstić information content (AvgIpc) is 2.27. The van der Waals surface area contributed by atoms with Crippen molar-refractivity contribution in [3.8, 4) is 0 Å². The number of aryl methyl sites for hydroxylation is 1. The van der Waals surface area contributed by atoms with Crippen LogP contribution in [0.15, 0.2) is 24.8 Å². The fraction of sp³-hybridized carbons (Fsp3) is 0.500. The fourth-order valence-corrected chi connectivity index (χ4v) is 5.91. The zero-order valence-corrected chi connectivity index (χ0v) is 12.9. The Labute approximate surface area is 108 Å². The topological polar surface area (TPSA) is 0 Å². The third kappa shape index (κ3) is 3.32. The molecule has 0 nitrogen and oxygen atoms in total. The minimum Gasteiger partial charge on any atom is -0.0985 e. The Morgan fingerprint density at radius 1 is 1.18 bits per heavy atom. The molecule has 0 fully saturated rings. The van der Waals surface area contributed by atoms with E-state index in [-0.39, 0.29) is 0 Å². The van der Waals surface area contributed by atoms with Gasteiger partial charge in [0, 0.05) is 0 Å². The molecule has 1 heteroatoms. The highest BCUT2D eigenvalue weighted by atomic mass is 28.3. The third-order valence-electron chi connectivity index (χ3n) is 3.32. The van der Waals surface area contributed by atoms with Gasteiger partial charge in [0.15, 0.2) is 0 Å². The predicted octanol–water partition coefficient (Wildman–Crippen LogP) is 4.41. The molecule has 1 rings (SSSR count). The Balaban J connectivity index is 3.17. The summed E-state index contributed by atoms with van der Waals surface area (Å²) < 4.78 is 0. The van der Waals surface area contributed by atoms with E-state index in [0.717, 1.165) is 17.5 Å². The van der Waals surface area contributed by atoms with Gasteiger partial charge in [-0.1, -0.05) is 70.7 Å². The molecule has 0 aliphatic rings. The van der Waals surface area contributed by atoms with E-state index in [1.165, 1.54) is 11.1 Å². The van der Waals surface area contributed by atoms with Crippen molar-refractivity contribution in [1.82, 2.24) is 0 Å². The molecule has 0 aromatic heterocycles. The van der Waals surface area contributed by atoms with Crippen molar-refractivity contribution in [2.45, 2.75) is 52.1 Å². The molecule has 1 aromatic carbocycles. The molecule has 0 saturated carbocycles. The van der Waals surface area contributed by atoms with E-state index in [1.807, 2.05) is 6.08 Å². The summed E-state index contributed by atoms with van der Waals surface area (Å²) in [6, 6.07) is 6.99. The lowest BCUT2D eigenvalue weighted by molar-refractivity contribution is 0.950. The molecular weight excluding hydrogens is 220 g/mol. The zero-order valence-electron chi connectivity index (χ0n) is 11.9. The first-order valence-electron chi connectivity index (χ1n) is 6.63. The lowest BCUT2D eigenvalue weighted by Crippen LogP contribution is -2.36. The first-order chi connectivity index (χ1) is 8.01. The molecule has 0 amide bonds. The molecule has 0 heterocycles. The van der Waals surface area contributed by atoms with Crippen LogP contribution in [0.25, 0.3) is 6.08 Å². The van der Waals surface area contributed by atoms with Crippen LogP contribution in [0.5, 0.6) is 0 Å². The van der Waals surface area contributed by atoms with Crippen molar-refractivity contribution in [2.24, 2.45) is 0 Å². The van der Waals surface area contributed by atoms with Gasteiger partial charge in [0.1, 0.15) is 0 Å². The molecule has 1 radical (unpaired) electrons. The van der Waals surface area contributed by atoms with Crippen LogP contribution in [0, 0.1) is 0 Å². The molecule has 0 bridgehead atoms.